The Morgan fingerprint density at radius 1 is 0.409 bits per heavy atom. The molecule has 2 aliphatic carbocycles. The number of nitrogens with one attached hydrogen (secondary N) is 2. The fourth-order valence-electron chi connectivity index (χ4n) is 7.72. The molecule has 0 unspecified atom stereocenters. The van der Waals surface area contributed by atoms with Gasteiger partial charge < -0.3 is 10.6 Å². The van der Waals surface area contributed by atoms with E-state index < -0.39 is 5.91 Å². The minimum atomic E-state index is -0.415. The third-order valence-electron chi connectivity index (χ3n) is 10.9. The molecule has 0 bridgehead atoms. The lowest BCUT2D eigenvalue weighted by molar-refractivity contribution is 0.0976. The van der Waals surface area contributed by atoms with E-state index in [4.69, 9.17) is 11.6 Å². The van der Waals surface area contributed by atoms with Gasteiger partial charge in [0.1, 0.15) is 0 Å². The van der Waals surface area contributed by atoms with Gasteiger partial charge in [-0.15, -0.1) is 0 Å². The van der Waals surface area contributed by atoms with Crippen molar-refractivity contribution in [1.29, 1.82) is 0 Å². The highest BCUT2D eigenvalue weighted by molar-refractivity contribution is 7.99. The maximum atomic E-state index is 13.5. The van der Waals surface area contributed by atoms with Crippen molar-refractivity contribution < 1.29 is 28.8 Å². The maximum Gasteiger partial charge on any atom is 0.255 e. The number of carbonyl (C=O) groups excluding carboxylic acids is 6. The van der Waals surface area contributed by atoms with Gasteiger partial charge in [-0.2, -0.15) is 0 Å². The van der Waals surface area contributed by atoms with E-state index in [1.807, 2.05) is 79.7 Å². The van der Waals surface area contributed by atoms with E-state index in [0.29, 0.717) is 70.7 Å². The van der Waals surface area contributed by atoms with Crippen LogP contribution in [-0.2, 0) is 0 Å². The molecular formula is C55H35ClN2O6S2. The number of ketones is 4. The van der Waals surface area contributed by atoms with E-state index in [1.165, 1.54) is 23.5 Å². The quantitative estimate of drug-likeness (QED) is 0.154. The first-order valence-electron chi connectivity index (χ1n) is 20.7. The van der Waals surface area contributed by atoms with Gasteiger partial charge >= 0.3 is 0 Å². The number of amides is 2. The molecule has 66 heavy (non-hydrogen) atoms. The number of fused-ring (bicyclic) bond motifs is 4. The molecule has 0 heterocycles. The largest absolute Gasteiger partial charge is 0.321 e. The first-order chi connectivity index (χ1) is 32.0. The van der Waals surface area contributed by atoms with Crippen LogP contribution in [0.4, 0.5) is 11.4 Å². The Labute approximate surface area is 393 Å². The van der Waals surface area contributed by atoms with E-state index in [9.17, 15) is 28.8 Å². The highest BCUT2D eigenvalue weighted by atomic mass is 35.5. The molecule has 0 saturated carbocycles. The van der Waals surface area contributed by atoms with Crippen LogP contribution in [0.2, 0.25) is 5.02 Å². The predicted octanol–water partition coefficient (Wildman–Crippen LogP) is 12.7. The molecule has 0 atom stereocenters. The lowest BCUT2D eigenvalue weighted by Gasteiger charge is -2.23. The van der Waals surface area contributed by atoms with Crippen molar-refractivity contribution in [3.8, 4) is 0 Å². The van der Waals surface area contributed by atoms with Gasteiger partial charge in [-0.3, -0.25) is 28.8 Å². The Morgan fingerprint density at radius 3 is 1.23 bits per heavy atom. The molecule has 0 aliphatic heterocycles. The number of rotatable bonds is 8. The summed E-state index contributed by atoms with van der Waals surface area (Å²) in [4.78, 5) is 83.1. The molecule has 0 radical (unpaired) electrons. The summed E-state index contributed by atoms with van der Waals surface area (Å²) in [6, 6.07) is 53.5. The summed E-state index contributed by atoms with van der Waals surface area (Å²) < 4.78 is 0. The van der Waals surface area contributed by atoms with E-state index in [1.54, 1.807) is 109 Å². The van der Waals surface area contributed by atoms with Crippen molar-refractivity contribution in [3.63, 3.8) is 0 Å². The smallest absolute Gasteiger partial charge is 0.255 e. The van der Waals surface area contributed by atoms with Gasteiger partial charge in [0, 0.05) is 69.1 Å². The molecule has 2 amide bonds. The van der Waals surface area contributed by atoms with Gasteiger partial charge in [-0.25, -0.2) is 0 Å². The Balaban J connectivity index is 0.000000166. The molecule has 0 saturated heterocycles. The monoisotopic (exact) mass is 918 g/mol. The molecule has 0 aromatic heterocycles. The third-order valence-corrected chi connectivity index (χ3v) is 13.3. The van der Waals surface area contributed by atoms with Crippen molar-refractivity contribution in [1.82, 2.24) is 0 Å². The lowest BCUT2D eigenvalue weighted by atomic mass is 9.83. The lowest BCUT2D eigenvalue weighted by Crippen LogP contribution is -2.24. The van der Waals surface area contributed by atoms with E-state index >= 15 is 0 Å². The fraction of sp³-hybridized carbons (Fsp3) is 0.0182. The minimum Gasteiger partial charge on any atom is -0.321 e. The molecule has 0 spiro atoms. The van der Waals surface area contributed by atoms with Crippen molar-refractivity contribution in [2.24, 2.45) is 0 Å². The summed E-state index contributed by atoms with van der Waals surface area (Å²) in [5.41, 5.74) is 5.00. The van der Waals surface area contributed by atoms with Gasteiger partial charge in [-0.05, 0) is 85.8 Å². The first kappa shape index (κ1) is 43.6. The maximum absolute atomic E-state index is 13.5. The molecule has 2 aliphatic rings. The van der Waals surface area contributed by atoms with Crippen LogP contribution in [0.1, 0.15) is 90.0 Å². The molecule has 8 aromatic rings. The second kappa shape index (κ2) is 18.8. The first-order valence-corrected chi connectivity index (χ1v) is 22.7. The summed E-state index contributed by atoms with van der Waals surface area (Å²) in [7, 11) is 0. The Kier molecular flexibility index (Phi) is 12.4. The molecule has 8 aromatic carbocycles. The SMILES string of the molecule is Cc1ccc(C(=O)Nc2ccc(Sc3ccccc3)c3c2C(=O)c2ccccc2C3=O)cc1.O=C(Nc1ccc(Sc2ccccc2)c2c1C(=O)c1ccccc1C2=O)c1cccc(Cl)c1. The molecule has 8 nitrogen and oxygen atoms in total. The average Bonchev–Trinajstić information content (AvgIpc) is 3.34. The minimum absolute atomic E-state index is 0.204. The zero-order valence-electron chi connectivity index (χ0n) is 35.0. The number of anilines is 2. The van der Waals surface area contributed by atoms with Gasteiger partial charge in [0.2, 0.25) is 0 Å². The van der Waals surface area contributed by atoms with Crippen LogP contribution in [0.3, 0.4) is 0 Å². The molecule has 320 valence electrons. The van der Waals surface area contributed by atoms with Crippen LogP contribution in [0.5, 0.6) is 0 Å². The standard InChI is InChI=1S/C28H19NO3S.C27H16ClNO3S/c1-17-11-13-18(14-12-17)28(32)29-22-15-16-23(33-19-7-3-2-4-8-19)25-24(22)26(30)20-9-5-6-10-21(20)27(25)31;28-17-8-6-7-16(15-17)27(32)29-21-13-14-22(33-18-9-2-1-3-10-18)24-23(21)25(30)19-11-4-5-12-20(19)26(24)31/h2-16H,1H3,(H,29,32);1-15H,(H,29,32). The summed E-state index contributed by atoms with van der Waals surface area (Å²) in [6.45, 7) is 1.95. The Hall–Kier alpha value is -7.63. The zero-order valence-corrected chi connectivity index (χ0v) is 37.4. The number of aryl methyl sites for hydroxylation is 1. The van der Waals surface area contributed by atoms with Crippen LogP contribution in [0.15, 0.2) is 202 Å². The van der Waals surface area contributed by atoms with Gasteiger partial charge in [0.15, 0.2) is 23.1 Å². The topological polar surface area (TPSA) is 126 Å². The van der Waals surface area contributed by atoms with Gasteiger partial charge in [0.05, 0.1) is 22.5 Å². The van der Waals surface area contributed by atoms with E-state index in [2.05, 4.69) is 10.6 Å². The molecule has 2 N–H and O–H groups in total. The summed E-state index contributed by atoms with van der Waals surface area (Å²) in [5, 5.41) is 6.09. The van der Waals surface area contributed by atoms with Crippen molar-refractivity contribution >= 4 is 81.4 Å². The molecule has 10 rings (SSSR count). The summed E-state index contributed by atoms with van der Waals surface area (Å²) in [6.07, 6.45) is 0. The van der Waals surface area contributed by atoms with E-state index in [-0.39, 0.29) is 40.2 Å². The van der Waals surface area contributed by atoms with Crippen LogP contribution in [0, 0.1) is 6.92 Å². The molecular weight excluding hydrogens is 884 g/mol. The Morgan fingerprint density at radius 2 is 0.803 bits per heavy atom. The number of hydrogen-bond donors (Lipinski definition) is 2. The Bertz CT molecular complexity index is 3280. The number of hydrogen-bond acceptors (Lipinski definition) is 8. The van der Waals surface area contributed by atoms with Crippen LogP contribution in [-0.4, -0.2) is 34.9 Å². The number of benzene rings is 8. The molecule has 11 heteroatoms. The van der Waals surface area contributed by atoms with Gasteiger partial charge in [-0.1, -0.05) is 144 Å². The van der Waals surface area contributed by atoms with Crippen LogP contribution < -0.4 is 10.6 Å². The fourth-order valence-corrected chi connectivity index (χ4v) is 9.87. The predicted molar refractivity (Wildman–Crippen MR) is 259 cm³/mol. The third kappa shape index (κ3) is 8.77. The number of carbonyl (C=O) groups is 6. The van der Waals surface area contributed by atoms with Crippen molar-refractivity contribution in [3.05, 3.63) is 248 Å². The average molecular weight is 919 g/mol. The normalized spacial score (nSPS) is 12.2. The van der Waals surface area contributed by atoms with Crippen LogP contribution >= 0.6 is 35.1 Å². The molecule has 0 fully saturated rings. The van der Waals surface area contributed by atoms with Crippen molar-refractivity contribution in [2.75, 3.05) is 10.6 Å². The van der Waals surface area contributed by atoms with Gasteiger partial charge in [0.25, 0.3) is 11.8 Å². The zero-order chi connectivity index (χ0) is 45.9. The van der Waals surface area contributed by atoms with E-state index in [0.717, 1.165) is 15.4 Å². The summed E-state index contributed by atoms with van der Waals surface area (Å²) in [5.74, 6) is -1.77. The highest BCUT2D eigenvalue weighted by Gasteiger charge is 2.36. The highest BCUT2D eigenvalue weighted by Crippen LogP contribution is 2.42. The second-order valence-electron chi connectivity index (χ2n) is 15.2. The summed E-state index contributed by atoms with van der Waals surface area (Å²) >= 11 is 8.85. The van der Waals surface area contributed by atoms with Crippen molar-refractivity contribution in [2.45, 2.75) is 26.5 Å². The number of halogens is 1. The second-order valence-corrected chi connectivity index (χ2v) is 17.9. The van der Waals surface area contributed by atoms with Crippen LogP contribution in [0.25, 0.3) is 0 Å².